The number of rotatable bonds is 5. The number of hydrogen-bond donors (Lipinski definition) is 0. The first-order chi connectivity index (χ1) is 9.49. The Bertz CT molecular complexity index is 576. The van der Waals surface area contributed by atoms with Crippen LogP contribution in [0, 0.1) is 5.41 Å². The molecular weight excluding hydrogens is 248 g/mol. The fourth-order valence-electron chi connectivity index (χ4n) is 2.16. The number of ether oxygens (including phenoxy) is 1. The van der Waals surface area contributed by atoms with E-state index >= 15 is 0 Å². The summed E-state index contributed by atoms with van der Waals surface area (Å²) in [4.78, 5) is 11.1. The largest absolute Gasteiger partial charge is 0.369 e. The molecule has 1 radical (unpaired) electrons. The maximum absolute atomic E-state index is 11.1. The van der Waals surface area contributed by atoms with Gasteiger partial charge in [0, 0.05) is 6.42 Å². The Balaban J connectivity index is 2.15. The number of carbonyl (C=O) groups excluding carboxylic acids is 1. The molecule has 1 atom stereocenters. The quantitative estimate of drug-likeness (QED) is 0.822. The van der Waals surface area contributed by atoms with Gasteiger partial charge in [0.15, 0.2) is 0 Å². The highest BCUT2D eigenvalue weighted by atomic mass is 16.5. The summed E-state index contributed by atoms with van der Waals surface area (Å²) in [6, 6.07) is 14.3. The Morgan fingerprint density at radius 1 is 1.10 bits per heavy atom. The molecular formula is C18H21O2. The summed E-state index contributed by atoms with van der Waals surface area (Å²) in [5.74, 6) is 0. The molecule has 0 aromatic heterocycles. The Labute approximate surface area is 120 Å². The molecule has 0 fully saturated rings. The lowest BCUT2D eigenvalue weighted by Gasteiger charge is -2.21. The van der Waals surface area contributed by atoms with Gasteiger partial charge in [-0.3, -0.25) is 4.79 Å². The molecule has 2 aromatic carbocycles. The summed E-state index contributed by atoms with van der Waals surface area (Å²) in [5, 5.41) is 2.36. The molecule has 0 amide bonds. The third-order valence-electron chi connectivity index (χ3n) is 3.13. The van der Waals surface area contributed by atoms with Gasteiger partial charge in [-0.2, -0.15) is 0 Å². The van der Waals surface area contributed by atoms with E-state index in [9.17, 15) is 4.79 Å². The summed E-state index contributed by atoms with van der Waals surface area (Å²) in [5.41, 5.74) is 1.18. The normalized spacial score (nSPS) is 13.3. The summed E-state index contributed by atoms with van der Waals surface area (Å²) in [7, 11) is 0. The van der Waals surface area contributed by atoms with Crippen molar-refractivity contribution in [2.45, 2.75) is 33.3 Å². The van der Waals surface area contributed by atoms with Gasteiger partial charge in [0.25, 0.3) is 0 Å². The number of fused-ring (bicyclic) bond motifs is 1. The van der Waals surface area contributed by atoms with E-state index in [1.807, 2.05) is 30.6 Å². The summed E-state index contributed by atoms with van der Waals surface area (Å²) in [6.07, 6.45) is 2.09. The van der Waals surface area contributed by atoms with Crippen LogP contribution in [-0.4, -0.2) is 19.0 Å². The van der Waals surface area contributed by atoms with Gasteiger partial charge in [-0.05, 0) is 21.8 Å². The van der Waals surface area contributed by atoms with Crippen molar-refractivity contribution in [3.63, 3.8) is 0 Å². The fraction of sp³-hybridized carbons (Fsp3) is 0.389. The van der Waals surface area contributed by atoms with Crippen molar-refractivity contribution in [3.05, 3.63) is 48.0 Å². The van der Waals surface area contributed by atoms with E-state index < -0.39 is 6.10 Å². The molecule has 2 rings (SSSR count). The first-order valence-corrected chi connectivity index (χ1v) is 6.95. The van der Waals surface area contributed by atoms with Gasteiger partial charge in [-0.25, -0.2) is 0 Å². The zero-order valence-electron chi connectivity index (χ0n) is 12.3. The van der Waals surface area contributed by atoms with E-state index in [1.54, 1.807) is 0 Å². The van der Waals surface area contributed by atoms with Gasteiger partial charge < -0.3 is 4.74 Å². The Morgan fingerprint density at radius 3 is 2.50 bits per heavy atom. The molecule has 0 N–H and O–H groups in total. The predicted molar refractivity (Wildman–Crippen MR) is 82.5 cm³/mol. The van der Waals surface area contributed by atoms with Crippen molar-refractivity contribution in [2.75, 3.05) is 6.61 Å². The van der Waals surface area contributed by atoms with Crippen molar-refractivity contribution in [3.8, 4) is 0 Å². The average molecular weight is 269 g/mol. The molecule has 0 spiro atoms. The van der Waals surface area contributed by atoms with Crippen LogP contribution in [0.25, 0.3) is 10.8 Å². The second-order valence-corrected chi connectivity index (χ2v) is 6.32. The molecule has 105 valence electrons. The summed E-state index contributed by atoms with van der Waals surface area (Å²) in [6.45, 7) is 6.82. The molecule has 1 unspecified atom stereocenters. The maximum atomic E-state index is 11.1. The third-order valence-corrected chi connectivity index (χ3v) is 3.13. The van der Waals surface area contributed by atoms with Gasteiger partial charge in [0.2, 0.25) is 6.29 Å². The highest BCUT2D eigenvalue weighted by molar-refractivity contribution is 5.86. The van der Waals surface area contributed by atoms with Crippen LogP contribution in [0.2, 0.25) is 0 Å². The van der Waals surface area contributed by atoms with Crippen LogP contribution in [0.5, 0.6) is 0 Å². The van der Waals surface area contributed by atoms with E-state index in [2.05, 4.69) is 39.0 Å². The van der Waals surface area contributed by atoms with Gasteiger partial charge in [0.1, 0.15) is 6.10 Å². The second-order valence-electron chi connectivity index (χ2n) is 6.32. The predicted octanol–water partition coefficient (Wildman–Crippen LogP) is 3.92. The van der Waals surface area contributed by atoms with Crippen LogP contribution in [0.4, 0.5) is 0 Å². The maximum Gasteiger partial charge on any atom is 0.230 e. The molecule has 2 nitrogen and oxygen atoms in total. The molecule has 0 aliphatic carbocycles. The zero-order valence-corrected chi connectivity index (χ0v) is 12.3. The van der Waals surface area contributed by atoms with Gasteiger partial charge >= 0.3 is 0 Å². The van der Waals surface area contributed by atoms with Crippen molar-refractivity contribution in [2.24, 2.45) is 5.41 Å². The van der Waals surface area contributed by atoms with Crippen LogP contribution >= 0.6 is 0 Å². The minimum Gasteiger partial charge on any atom is -0.369 e. The van der Waals surface area contributed by atoms with E-state index in [4.69, 9.17) is 4.74 Å². The molecule has 0 aliphatic rings. The third kappa shape index (κ3) is 3.91. The first kappa shape index (κ1) is 14.7. The highest BCUT2D eigenvalue weighted by Crippen LogP contribution is 2.21. The Hall–Kier alpha value is -1.67. The van der Waals surface area contributed by atoms with E-state index in [0.717, 1.165) is 5.56 Å². The van der Waals surface area contributed by atoms with Gasteiger partial charge in [-0.1, -0.05) is 63.2 Å². The molecule has 0 saturated heterocycles. The molecule has 2 aromatic rings. The number of benzene rings is 2. The minimum atomic E-state index is -0.500. The van der Waals surface area contributed by atoms with E-state index in [0.29, 0.717) is 13.0 Å². The van der Waals surface area contributed by atoms with Crippen LogP contribution in [0.15, 0.2) is 42.5 Å². The number of hydrogen-bond acceptors (Lipinski definition) is 2. The summed E-state index contributed by atoms with van der Waals surface area (Å²) < 4.78 is 5.68. The smallest absolute Gasteiger partial charge is 0.230 e. The lowest BCUT2D eigenvalue weighted by atomic mass is 9.97. The monoisotopic (exact) mass is 269 g/mol. The molecule has 2 heteroatoms. The lowest BCUT2D eigenvalue weighted by molar-refractivity contribution is 0.0425. The Kier molecular flexibility index (Phi) is 4.56. The minimum absolute atomic E-state index is 0.0495. The van der Waals surface area contributed by atoms with Crippen molar-refractivity contribution in [1.29, 1.82) is 0 Å². The Morgan fingerprint density at radius 2 is 1.80 bits per heavy atom. The van der Waals surface area contributed by atoms with Crippen LogP contribution in [0.1, 0.15) is 26.3 Å². The van der Waals surface area contributed by atoms with Crippen molar-refractivity contribution < 1.29 is 9.53 Å². The first-order valence-electron chi connectivity index (χ1n) is 6.95. The van der Waals surface area contributed by atoms with Crippen LogP contribution < -0.4 is 0 Å². The molecule has 0 saturated carbocycles. The van der Waals surface area contributed by atoms with E-state index in [1.165, 1.54) is 10.8 Å². The highest BCUT2D eigenvalue weighted by Gasteiger charge is 2.17. The van der Waals surface area contributed by atoms with Crippen LogP contribution in [-0.2, 0) is 16.0 Å². The zero-order chi connectivity index (χ0) is 14.6. The lowest BCUT2D eigenvalue weighted by Crippen LogP contribution is -2.24. The SMILES string of the molecule is CC(C)(C)COC([C]=O)Cc1cccc2ccccc12. The summed E-state index contributed by atoms with van der Waals surface area (Å²) >= 11 is 0. The molecule has 0 heterocycles. The average Bonchev–Trinajstić information content (AvgIpc) is 2.42. The van der Waals surface area contributed by atoms with E-state index in [-0.39, 0.29) is 5.41 Å². The van der Waals surface area contributed by atoms with Gasteiger partial charge in [0.05, 0.1) is 6.61 Å². The second kappa shape index (κ2) is 6.19. The molecule has 0 aliphatic heterocycles. The van der Waals surface area contributed by atoms with Crippen LogP contribution in [0.3, 0.4) is 0 Å². The topological polar surface area (TPSA) is 26.3 Å². The van der Waals surface area contributed by atoms with Crippen molar-refractivity contribution >= 4 is 17.1 Å². The fourth-order valence-corrected chi connectivity index (χ4v) is 2.16. The molecule has 0 bridgehead atoms. The van der Waals surface area contributed by atoms with Crippen molar-refractivity contribution in [1.82, 2.24) is 0 Å². The standard InChI is InChI=1S/C18H21O2/c1-18(2,3)13-20-16(12-19)11-15-9-6-8-14-7-4-5-10-17(14)15/h4-10,16H,11,13H2,1-3H3. The molecule has 20 heavy (non-hydrogen) atoms. The van der Waals surface area contributed by atoms with Gasteiger partial charge in [-0.15, -0.1) is 0 Å².